The summed E-state index contributed by atoms with van der Waals surface area (Å²) >= 11 is 1.52. The summed E-state index contributed by atoms with van der Waals surface area (Å²) in [6.45, 7) is 4.67. The van der Waals surface area contributed by atoms with E-state index in [2.05, 4.69) is 25.2 Å². The monoisotopic (exact) mass is 383 g/mol. The Bertz CT molecular complexity index is 952. The average molecular weight is 383 g/mol. The molecule has 8 heteroatoms. The van der Waals surface area contributed by atoms with Crippen molar-refractivity contribution < 1.29 is 9.53 Å². The van der Waals surface area contributed by atoms with Crippen LogP contribution in [0.25, 0.3) is 10.2 Å². The van der Waals surface area contributed by atoms with E-state index in [9.17, 15) is 4.79 Å². The van der Waals surface area contributed by atoms with Gasteiger partial charge in [0.15, 0.2) is 0 Å². The van der Waals surface area contributed by atoms with E-state index < -0.39 is 0 Å². The molecule has 27 heavy (non-hydrogen) atoms. The first kappa shape index (κ1) is 17.7. The summed E-state index contributed by atoms with van der Waals surface area (Å²) in [4.78, 5) is 27.6. The van der Waals surface area contributed by atoms with E-state index in [-0.39, 0.29) is 5.91 Å². The van der Waals surface area contributed by atoms with E-state index >= 15 is 0 Å². The molecule has 3 heterocycles. The van der Waals surface area contributed by atoms with Gasteiger partial charge in [-0.15, -0.1) is 11.3 Å². The first-order valence-corrected chi connectivity index (χ1v) is 9.92. The Kier molecular flexibility index (Phi) is 5.15. The van der Waals surface area contributed by atoms with Crippen LogP contribution in [0, 0.1) is 6.92 Å². The summed E-state index contributed by atoms with van der Waals surface area (Å²) < 4.78 is 6.74. The largest absolute Gasteiger partial charge is 0.476 e. The van der Waals surface area contributed by atoms with Crippen molar-refractivity contribution >= 4 is 33.3 Å². The van der Waals surface area contributed by atoms with Crippen molar-refractivity contribution in [1.29, 1.82) is 0 Å². The van der Waals surface area contributed by atoms with Crippen molar-refractivity contribution in [3.8, 4) is 5.88 Å². The minimum Gasteiger partial charge on any atom is -0.476 e. The summed E-state index contributed by atoms with van der Waals surface area (Å²) in [5.74, 6) is 2.03. The van der Waals surface area contributed by atoms with Crippen LogP contribution in [0.15, 0.2) is 29.8 Å². The molecule has 0 saturated carbocycles. The van der Waals surface area contributed by atoms with Gasteiger partial charge >= 0.3 is 0 Å². The minimum atomic E-state index is -0.120. The number of amides is 1. The van der Waals surface area contributed by atoms with Crippen LogP contribution < -0.4 is 15.0 Å². The third-order valence-corrected chi connectivity index (χ3v) is 5.25. The van der Waals surface area contributed by atoms with Crippen LogP contribution in [0.5, 0.6) is 5.88 Å². The van der Waals surface area contributed by atoms with Gasteiger partial charge in [0.2, 0.25) is 5.88 Å². The summed E-state index contributed by atoms with van der Waals surface area (Å²) in [5, 5.41) is 2.88. The number of nitrogens with one attached hydrogen (secondary N) is 1. The molecule has 1 fully saturated rings. The van der Waals surface area contributed by atoms with Crippen molar-refractivity contribution in [2.45, 2.75) is 19.8 Å². The van der Waals surface area contributed by atoms with E-state index in [1.54, 1.807) is 11.6 Å². The van der Waals surface area contributed by atoms with Gasteiger partial charge in [-0.05, 0) is 38.0 Å². The standard InChI is InChI=1S/C19H21N5O2S/c1-13-22-17(24-7-2-3-8-24)11-18(23-13)26-9-6-20-19(25)14-4-5-15-16(10-14)27-12-21-15/h4-5,10-12H,2-3,6-9H2,1H3,(H,20,25). The van der Waals surface area contributed by atoms with Crippen LogP contribution in [0.1, 0.15) is 29.0 Å². The molecule has 3 aromatic rings. The van der Waals surface area contributed by atoms with E-state index in [1.165, 1.54) is 24.2 Å². The first-order chi connectivity index (χ1) is 13.2. The van der Waals surface area contributed by atoms with E-state index in [1.807, 2.05) is 25.1 Å². The lowest BCUT2D eigenvalue weighted by Gasteiger charge is -2.17. The van der Waals surface area contributed by atoms with Gasteiger partial charge in [0.05, 0.1) is 22.3 Å². The van der Waals surface area contributed by atoms with Gasteiger partial charge in [0, 0.05) is 24.7 Å². The topological polar surface area (TPSA) is 80.2 Å². The number of aromatic nitrogens is 3. The zero-order chi connectivity index (χ0) is 18.6. The highest BCUT2D eigenvalue weighted by Crippen LogP contribution is 2.21. The molecule has 1 aliphatic heterocycles. The Morgan fingerprint density at radius 3 is 2.96 bits per heavy atom. The van der Waals surface area contributed by atoms with Gasteiger partial charge in [0.1, 0.15) is 18.2 Å². The Labute approximate surface area is 161 Å². The molecule has 4 rings (SSSR count). The van der Waals surface area contributed by atoms with E-state index in [0.29, 0.717) is 30.4 Å². The summed E-state index contributed by atoms with van der Waals surface area (Å²) in [7, 11) is 0. The predicted molar refractivity (Wildman–Crippen MR) is 106 cm³/mol. The summed E-state index contributed by atoms with van der Waals surface area (Å²) in [5.41, 5.74) is 3.31. The van der Waals surface area contributed by atoms with Crippen molar-refractivity contribution in [1.82, 2.24) is 20.3 Å². The zero-order valence-corrected chi connectivity index (χ0v) is 16.0. The van der Waals surface area contributed by atoms with Crippen LogP contribution >= 0.6 is 11.3 Å². The number of fused-ring (bicyclic) bond motifs is 1. The third kappa shape index (κ3) is 4.16. The van der Waals surface area contributed by atoms with Crippen molar-refractivity contribution in [2.75, 3.05) is 31.1 Å². The fourth-order valence-corrected chi connectivity index (χ4v) is 3.84. The van der Waals surface area contributed by atoms with Crippen LogP contribution in [-0.4, -0.2) is 47.1 Å². The van der Waals surface area contributed by atoms with Gasteiger partial charge < -0.3 is 15.0 Å². The molecular formula is C19H21N5O2S. The smallest absolute Gasteiger partial charge is 0.251 e. The number of anilines is 1. The molecule has 1 aromatic carbocycles. The molecule has 2 aromatic heterocycles. The molecule has 0 atom stereocenters. The molecule has 0 bridgehead atoms. The van der Waals surface area contributed by atoms with Crippen molar-refractivity contribution in [3.63, 3.8) is 0 Å². The molecule has 1 amide bonds. The van der Waals surface area contributed by atoms with Crippen LogP contribution in [0.4, 0.5) is 5.82 Å². The number of hydrogen-bond acceptors (Lipinski definition) is 7. The fraction of sp³-hybridized carbons (Fsp3) is 0.368. The van der Waals surface area contributed by atoms with Gasteiger partial charge in [-0.25, -0.2) is 9.97 Å². The molecule has 7 nitrogen and oxygen atoms in total. The normalized spacial score (nSPS) is 13.9. The van der Waals surface area contributed by atoms with Gasteiger partial charge in [-0.3, -0.25) is 4.79 Å². The predicted octanol–water partition coefficient (Wildman–Crippen LogP) is 2.80. The number of hydrogen-bond donors (Lipinski definition) is 1. The SMILES string of the molecule is Cc1nc(OCCNC(=O)c2ccc3ncsc3c2)cc(N2CCCC2)n1. The highest BCUT2D eigenvalue weighted by Gasteiger charge is 2.15. The highest BCUT2D eigenvalue weighted by molar-refractivity contribution is 7.16. The number of rotatable bonds is 6. The zero-order valence-electron chi connectivity index (χ0n) is 15.1. The molecule has 0 unspecified atom stereocenters. The molecule has 140 valence electrons. The molecule has 0 spiro atoms. The van der Waals surface area contributed by atoms with E-state index in [0.717, 1.165) is 29.1 Å². The molecule has 0 radical (unpaired) electrons. The Morgan fingerprint density at radius 2 is 2.11 bits per heavy atom. The molecule has 1 N–H and O–H groups in total. The van der Waals surface area contributed by atoms with Gasteiger partial charge in [-0.2, -0.15) is 4.98 Å². The van der Waals surface area contributed by atoms with Crippen molar-refractivity contribution in [3.05, 3.63) is 41.2 Å². The Balaban J connectivity index is 1.31. The second kappa shape index (κ2) is 7.87. The summed E-state index contributed by atoms with van der Waals surface area (Å²) in [6.07, 6.45) is 2.39. The number of carbonyl (C=O) groups excluding carboxylic acids is 1. The van der Waals surface area contributed by atoms with Crippen LogP contribution in [0.2, 0.25) is 0 Å². The fourth-order valence-electron chi connectivity index (χ4n) is 3.13. The maximum Gasteiger partial charge on any atom is 0.251 e. The molecular weight excluding hydrogens is 362 g/mol. The number of benzene rings is 1. The number of carbonyl (C=O) groups is 1. The molecule has 1 saturated heterocycles. The number of nitrogens with zero attached hydrogens (tertiary/aromatic N) is 4. The molecule has 1 aliphatic rings. The Hall–Kier alpha value is -2.74. The van der Waals surface area contributed by atoms with Crippen LogP contribution in [-0.2, 0) is 0 Å². The quantitative estimate of drug-likeness (QED) is 0.660. The highest BCUT2D eigenvalue weighted by atomic mass is 32.1. The lowest BCUT2D eigenvalue weighted by atomic mass is 10.2. The third-order valence-electron chi connectivity index (χ3n) is 4.46. The number of thiazole rings is 1. The van der Waals surface area contributed by atoms with Gasteiger partial charge in [-0.1, -0.05) is 0 Å². The Morgan fingerprint density at radius 1 is 1.26 bits per heavy atom. The second-order valence-electron chi connectivity index (χ2n) is 6.44. The molecule has 0 aliphatic carbocycles. The lowest BCUT2D eigenvalue weighted by Crippen LogP contribution is -2.28. The maximum atomic E-state index is 12.3. The lowest BCUT2D eigenvalue weighted by molar-refractivity contribution is 0.0946. The maximum absolute atomic E-state index is 12.3. The van der Waals surface area contributed by atoms with Crippen molar-refractivity contribution in [2.24, 2.45) is 0 Å². The number of aryl methyl sites for hydroxylation is 1. The van der Waals surface area contributed by atoms with Gasteiger partial charge in [0.25, 0.3) is 5.91 Å². The van der Waals surface area contributed by atoms with Crippen LogP contribution in [0.3, 0.4) is 0 Å². The number of ether oxygens (including phenoxy) is 1. The average Bonchev–Trinajstić information content (AvgIpc) is 3.35. The first-order valence-electron chi connectivity index (χ1n) is 9.04. The summed E-state index contributed by atoms with van der Waals surface area (Å²) in [6, 6.07) is 7.38. The minimum absolute atomic E-state index is 0.120. The van der Waals surface area contributed by atoms with E-state index in [4.69, 9.17) is 4.74 Å². The second-order valence-corrected chi connectivity index (χ2v) is 7.33.